The van der Waals surface area contributed by atoms with Crippen LogP contribution in [0.3, 0.4) is 0 Å². The van der Waals surface area contributed by atoms with Crippen LogP contribution in [-0.2, 0) is 12.7 Å². The monoisotopic (exact) mass is 413 g/mol. The van der Waals surface area contributed by atoms with E-state index >= 15 is 0 Å². The maximum Gasteiger partial charge on any atom is 0.416 e. The Bertz CT molecular complexity index is 1040. The minimum atomic E-state index is -4.34. The molecular formula is C22H18F3N3S. The van der Waals surface area contributed by atoms with Crippen molar-refractivity contribution in [3.63, 3.8) is 0 Å². The minimum absolute atomic E-state index is 0.636. The van der Waals surface area contributed by atoms with E-state index in [4.69, 9.17) is 5.26 Å². The molecule has 0 bridgehead atoms. The van der Waals surface area contributed by atoms with Gasteiger partial charge in [0.15, 0.2) is 0 Å². The SMILES string of the molecule is Cc1nc(-c2ccc(C(F)(F)F)cc2)sc1CN(C)c1ccc(/C=C/C#N)cc1. The van der Waals surface area contributed by atoms with Crippen LogP contribution < -0.4 is 4.90 Å². The van der Waals surface area contributed by atoms with Crippen molar-refractivity contribution in [3.8, 4) is 16.6 Å². The molecule has 1 heterocycles. The van der Waals surface area contributed by atoms with Gasteiger partial charge in [0.2, 0.25) is 0 Å². The first kappa shape index (κ1) is 20.6. The summed E-state index contributed by atoms with van der Waals surface area (Å²) in [7, 11) is 1.97. The average Bonchev–Trinajstić information content (AvgIpc) is 3.06. The molecule has 7 heteroatoms. The Morgan fingerprint density at radius 3 is 2.34 bits per heavy atom. The zero-order valence-electron chi connectivity index (χ0n) is 15.9. The fourth-order valence-electron chi connectivity index (χ4n) is 2.78. The molecule has 0 aliphatic carbocycles. The van der Waals surface area contributed by atoms with Gasteiger partial charge in [0, 0.05) is 29.3 Å². The zero-order valence-corrected chi connectivity index (χ0v) is 16.7. The van der Waals surface area contributed by atoms with Gasteiger partial charge in [0.1, 0.15) is 5.01 Å². The van der Waals surface area contributed by atoms with E-state index in [1.165, 1.54) is 29.5 Å². The van der Waals surface area contributed by atoms with Crippen molar-refractivity contribution in [1.29, 1.82) is 5.26 Å². The molecule has 0 N–H and O–H groups in total. The minimum Gasteiger partial charge on any atom is -0.369 e. The van der Waals surface area contributed by atoms with E-state index in [0.29, 0.717) is 17.1 Å². The van der Waals surface area contributed by atoms with Crippen LogP contribution in [0, 0.1) is 18.3 Å². The van der Waals surface area contributed by atoms with Crippen molar-refractivity contribution in [3.05, 3.63) is 76.3 Å². The van der Waals surface area contributed by atoms with Crippen molar-refractivity contribution in [2.45, 2.75) is 19.6 Å². The maximum atomic E-state index is 12.7. The number of rotatable bonds is 5. The van der Waals surface area contributed by atoms with Gasteiger partial charge in [-0.3, -0.25) is 0 Å². The van der Waals surface area contributed by atoms with Crippen molar-refractivity contribution in [2.24, 2.45) is 0 Å². The highest BCUT2D eigenvalue weighted by molar-refractivity contribution is 7.15. The predicted octanol–water partition coefficient (Wildman–Crippen LogP) is 6.31. The second-order valence-corrected chi connectivity index (χ2v) is 7.60. The summed E-state index contributed by atoms with van der Waals surface area (Å²) < 4.78 is 38.2. The highest BCUT2D eigenvalue weighted by atomic mass is 32.1. The van der Waals surface area contributed by atoms with Crippen LogP contribution in [0.2, 0.25) is 0 Å². The number of anilines is 1. The number of nitrogens with zero attached hydrogens (tertiary/aromatic N) is 3. The summed E-state index contributed by atoms with van der Waals surface area (Å²) >= 11 is 1.48. The topological polar surface area (TPSA) is 39.9 Å². The van der Waals surface area contributed by atoms with Crippen LogP contribution in [0.25, 0.3) is 16.6 Å². The van der Waals surface area contributed by atoms with E-state index in [0.717, 1.165) is 34.0 Å². The Morgan fingerprint density at radius 1 is 1.10 bits per heavy atom. The lowest BCUT2D eigenvalue weighted by atomic mass is 10.1. The number of thiazole rings is 1. The number of benzene rings is 2. The van der Waals surface area contributed by atoms with E-state index in [1.807, 2.05) is 44.3 Å². The first-order valence-corrected chi connectivity index (χ1v) is 9.61. The van der Waals surface area contributed by atoms with Gasteiger partial charge in [0.05, 0.1) is 23.9 Å². The number of hydrogen-bond donors (Lipinski definition) is 0. The summed E-state index contributed by atoms with van der Waals surface area (Å²) in [6, 6.07) is 14.9. The predicted molar refractivity (Wildman–Crippen MR) is 110 cm³/mol. The maximum absolute atomic E-state index is 12.7. The Hall–Kier alpha value is -3.11. The van der Waals surface area contributed by atoms with Crippen molar-refractivity contribution in [1.82, 2.24) is 4.98 Å². The molecule has 0 unspecified atom stereocenters. The number of allylic oxidation sites excluding steroid dienone is 1. The van der Waals surface area contributed by atoms with Gasteiger partial charge in [-0.2, -0.15) is 18.4 Å². The van der Waals surface area contributed by atoms with Gasteiger partial charge >= 0.3 is 6.18 Å². The molecule has 1 aromatic heterocycles. The van der Waals surface area contributed by atoms with E-state index in [1.54, 1.807) is 6.08 Å². The molecule has 0 aliphatic rings. The lowest BCUT2D eigenvalue weighted by Gasteiger charge is -2.18. The third-order valence-electron chi connectivity index (χ3n) is 4.42. The van der Waals surface area contributed by atoms with E-state index in [9.17, 15) is 13.2 Å². The van der Waals surface area contributed by atoms with Gasteiger partial charge in [-0.05, 0) is 42.8 Å². The van der Waals surface area contributed by atoms with Gasteiger partial charge in [0.25, 0.3) is 0 Å². The number of aryl methyl sites for hydroxylation is 1. The largest absolute Gasteiger partial charge is 0.416 e. The smallest absolute Gasteiger partial charge is 0.369 e. The fourth-order valence-corrected chi connectivity index (χ4v) is 3.90. The van der Waals surface area contributed by atoms with Crippen LogP contribution in [0.5, 0.6) is 0 Å². The van der Waals surface area contributed by atoms with Gasteiger partial charge < -0.3 is 4.90 Å². The number of alkyl halides is 3. The molecule has 2 aromatic carbocycles. The van der Waals surface area contributed by atoms with Gasteiger partial charge in [-0.25, -0.2) is 4.98 Å². The third-order valence-corrected chi connectivity index (χ3v) is 5.61. The molecule has 0 saturated heterocycles. The first-order valence-electron chi connectivity index (χ1n) is 8.79. The van der Waals surface area contributed by atoms with Crippen molar-refractivity contribution in [2.75, 3.05) is 11.9 Å². The molecule has 148 valence electrons. The van der Waals surface area contributed by atoms with Crippen molar-refractivity contribution >= 4 is 23.1 Å². The Labute approximate surface area is 171 Å². The Kier molecular flexibility index (Phi) is 6.04. The normalized spacial score (nSPS) is 11.6. The molecule has 0 fully saturated rings. The number of nitriles is 1. The van der Waals surface area contributed by atoms with Gasteiger partial charge in [-0.15, -0.1) is 11.3 Å². The molecule has 0 amide bonds. The third kappa shape index (κ3) is 5.04. The quantitative estimate of drug-likeness (QED) is 0.460. The van der Waals surface area contributed by atoms with Crippen LogP contribution in [0.1, 0.15) is 21.7 Å². The van der Waals surface area contributed by atoms with Crippen LogP contribution in [-0.4, -0.2) is 12.0 Å². The molecule has 29 heavy (non-hydrogen) atoms. The second-order valence-electron chi connectivity index (χ2n) is 6.51. The lowest BCUT2D eigenvalue weighted by molar-refractivity contribution is -0.137. The molecule has 3 aromatic rings. The Balaban J connectivity index is 1.75. The molecular weight excluding hydrogens is 395 g/mol. The highest BCUT2D eigenvalue weighted by Crippen LogP contribution is 2.33. The second kappa shape index (κ2) is 8.50. The van der Waals surface area contributed by atoms with Crippen LogP contribution in [0.4, 0.5) is 18.9 Å². The molecule has 3 nitrogen and oxygen atoms in total. The number of hydrogen-bond acceptors (Lipinski definition) is 4. The fraction of sp³-hybridized carbons (Fsp3) is 0.182. The number of aromatic nitrogens is 1. The number of halogens is 3. The van der Waals surface area contributed by atoms with E-state index < -0.39 is 11.7 Å². The van der Waals surface area contributed by atoms with Crippen LogP contribution in [0.15, 0.2) is 54.6 Å². The standard InChI is InChI=1S/C22H18F3N3S/c1-15-20(14-28(2)19-11-5-16(6-12-19)4-3-13-26)29-21(27-15)17-7-9-18(10-8-17)22(23,24)25/h3-12H,14H2,1-2H3/b4-3+. The van der Waals surface area contributed by atoms with E-state index in [-0.39, 0.29) is 0 Å². The van der Waals surface area contributed by atoms with Gasteiger partial charge in [-0.1, -0.05) is 24.3 Å². The highest BCUT2D eigenvalue weighted by Gasteiger charge is 2.30. The summed E-state index contributed by atoms with van der Waals surface area (Å²) in [4.78, 5) is 7.67. The molecule has 0 aliphatic heterocycles. The summed E-state index contributed by atoms with van der Waals surface area (Å²) in [5, 5.41) is 9.30. The molecule has 3 rings (SSSR count). The van der Waals surface area contributed by atoms with Crippen molar-refractivity contribution < 1.29 is 13.2 Å². The van der Waals surface area contributed by atoms with E-state index in [2.05, 4.69) is 9.88 Å². The molecule has 0 spiro atoms. The Morgan fingerprint density at radius 2 is 1.76 bits per heavy atom. The lowest BCUT2D eigenvalue weighted by Crippen LogP contribution is -2.16. The summed E-state index contributed by atoms with van der Waals surface area (Å²) in [5.41, 5.74) is 2.84. The average molecular weight is 413 g/mol. The zero-order chi connectivity index (χ0) is 21.0. The first-order chi connectivity index (χ1) is 13.8. The van der Waals surface area contributed by atoms with Crippen LogP contribution >= 0.6 is 11.3 Å². The molecule has 0 saturated carbocycles. The summed E-state index contributed by atoms with van der Waals surface area (Å²) in [6.07, 6.45) is -1.17. The molecule has 0 radical (unpaired) electrons. The molecule has 0 atom stereocenters. The summed E-state index contributed by atoms with van der Waals surface area (Å²) in [5.74, 6) is 0. The summed E-state index contributed by atoms with van der Waals surface area (Å²) in [6.45, 7) is 2.54.